The SMILES string of the molecule is COc1cccc(CCCN2CCN(C)CC2)c1OCCN1CCC(C)CC1. The fourth-order valence-electron chi connectivity index (χ4n) is 4.21. The largest absolute Gasteiger partial charge is 0.493 e. The number of piperidine rings is 1. The van der Waals surface area contributed by atoms with E-state index in [0.29, 0.717) is 0 Å². The number of aryl methyl sites for hydroxylation is 1. The predicted molar refractivity (Wildman–Crippen MR) is 116 cm³/mol. The summed E-state index contributed by atoms with van der Waals surface area (Å²) in [6, 6.07) is 6.30. The zero-order valence-corrected chi connectivity index (χ0v) is 18.2. The lowest BCUT2D eigenvalue weighted by Crippen LogP contribution is -2.44. The summed E-state index contributed by atoms with van der Waals surface area (Å²) in [7, 11) is 3.95. The summed E-state index contributed by atoms with van der Waals surface area (Å²) in [4.78, 5) is 7.52. The first kappa shape index (κ1) is 21.4. The molecule has 2 fully saturated rings. The number of hydrogen-bond donors (Lipinski definition) is 0. The molecule has 0 spiro atoms. The van der Waals surface area contributed by atoms with E-state index in [-0.39, 0.29) is 0 Å². The Morgan fingerprint density at radius 3 is 2.39 bits per heavy atom. The number of likely N-dealkylation sites (N-methyl/N-ethyl adjacent to an activating group) is 1. The number of benzene rings is 1. The average molecular weight is 390 g/mol. The highest BCUT2D eigenvalue weighted by Gasteiger charge is 2.17. The van der Waals surface area contributed by atoms with E-state index in [1.165, 1.54) is 57.7 Å². The molecule has 2 heterocycles. The second kappa shape index (κ2) is 11.0. The Hall–Kier alpha value is -1.30. The Morgan fingerprint density at radius 2 is 1.68 bits per heavy atom. The van der Waals surface area contributed by atoms with Crippen molar-refractivity contribution in [3.8, 4) is 11.5 Å². The molecule has 0 aliphatic carbocycles. The normalized spacial score (nSPS) is 20.4. The number of nitrogens with zero attached hydrogens (tertiary/aromatic N) is 3. The molecule has 5 nitrogen and oxygen atoms in total. The van der Waals surface area contributed by atoms with Crippen LogP contribution in [0.4, 0.5) is 0 Å². The third kappa shape index (κ3) is 6.36. The van der Waals surface area contributed by atoms with Crippen molar-refractivity contribution in [2.45, 2.75) is 32.6 Å². The van der Waals surface area contributed by atoms with Gasteiger partial charge in [0.15, 0.2) is 11.5 Å². The molecule has 0 unspecified atom stereocenters. The molecule has 2 saturated heterocycles. The molecule has 1 aromatic carbocycles. The van der Waals surface area contributed by atoms with E-state index in [4.69, 9.17) is 9.47 Å². The van der Waals surface area contributed by atoms with Gasteiger partial charge in [0, 0.05) is 32.7 Å². The molecule has 158 valence electrons. The maximum absolute atomic E-state index is 6.26. The highest BCUT2D eigenvalue weighted by Crippen LogP contribution is 2.32. The smallest absolute Gasteiger partial charge is 0.164 e. The predicted octanol–water partition coefficient (Wildman–Crippen LogP) is 2.99. The minimum absolute atomic E-state index is 0.736. The number of likely N-dealkylation sites (tertiary alicyclic amines) is 1. The van der Waals surface area contributed by atoms with Crippen LogP contribution in [0.15, 0.2) is 18.2 Å². The first-order valence-electron chi connectivity index (χ1n) is 11.1. The van der Waals surface area contributed by atoms with Gasteiger partial charge < -0.3 is 19.3 Å². The van der Waals surface area contributed by atoms with Crippen LogP contribution in [0, 0.1) is 5.92 Å². The van der Waals surface area contributed by atoms with Crippen LogP contribution in [0.3, 0.4) is 0 Å². The number of ether oxygens (including phenoxy) is 2. The van der Waals surface area contributed by atoms with Crippen molar-refractivity contribution >= 4 is 0 Å². The monoisotopic (exact) mass is 389 g/mol. The van der Waals surface area contributed by atoms with Crippen molar-refractivity contribution in [1.82, 2.24) is 14.7 Å². The van der Waals surface area contributed by atoms with Crippen LogP contribution in [0.25, 0.3) is 0 Å². The van der Waals surface area contributed by atoms with Crippen LogP contribution in [-0.2, 0) is 6.42 Å². The summed E-state index contributed by atoms with van der Waals surface area (Å²) in [6.45, 7) is 12.4. The van der Waals surface area contributed by atoms with Gasteiger partial charge in [0.25, 0.3) is 0 Å². The summed E-state index contributed by atoms with van der Waals surface area (Å²) >= 11 is 0. The van der Waals surface area contributed by atoms with Crippen LogP contribution in [0.5, 0.6) is 11.5 Å². The van der Waals surface area contributed by atoms with E-state index in [9.17, 15) is 0 Å². The lowest BCUT2D eigenvalue weighted by Gasteiger charge is -2.32. The lowest BCUT2D eigenvalue weighted by atomic mass is 9.99. The summed E-state index contributed by atoms with van der Waals surface area (Å²) < 4.78 is 11.9. The summed E-state index contributed by atoms with van der Waals surface area (Å²) in [5, 5.41) is 0. The minimum atomic E-state index is 0.736. The third-order valence-corrected chi connectivity index (χ3v) is 6.33. The zero-order valence-electron chi connectivity index (χ0n) is 18.2. The Kier molecular flexibility index (Phi) is 8.44. The molecule has 3 rings (SSSR count). The fraction of sp³-hybridized carbons (Fsp3) is 0.739. The standard InChI is InChI=1S/C23H39N3O2/c1-20-9-12-26(13-10-20)18-19-28-23-21(6-4-8-22(23)27-3)7-5-11-25-16-14-24(2)15-17-25/h4,6,8,20H,5,7,9-19H2,1-3H3. The molecular weight excluding hydrogens is 350 g/mol. The van der Waals surface area contributed by atoms with Gasteiger partial charge in [0.2, 0.25) is 0 Å². The van der Waals surface area contributed by atoms with Crippen LogP contribution >= 0.6 is 0 Å². The Bertz CT molecular complexity index is 579. The molecule has 1 aromatic rings. The molecule has 2 aliphatic rings. The summed E-state index contributed by atoms with van der Waals surface area (Å²) in [5.74, 6) is 2.69. The van der Waals surface area contributed by atoms with Crippen molar-refractivity contribution in [3.05, 3.63) is 23.8 Å². The van der Waals surface area contributed by atoms with Gasteiger partial charge in [-0.15, -0.1) is 0 Å². The van der Waals surface area contributed by atoms with Crippen LogP contribution in [0.1, 0.15) is 31.7 Å². The third-order valence-electron chi connectivity index (χ3n) is 6.33. The highest BCUT2D eigenvalue weighted by atomic mass is 16.5. The summed E-state index contributed by atoms with van der Waals surface area (Å²) in [5.41, 5.74) is 1.28. The number of para-hydroxylation sites is 1. The summed E-state index contributed by atoms with van der Waals surface area (Å²) in [6.07, 6.45) is 4.83. The molecule has 0 atom stereocenters. The molecule has 0 amide bonds. The van der Waals surface area contributed by atoms with E-state index in [2.05, 4.69) is 40.8 Å². The molecule has 5 heteroatoms. The van der Waals surface area contributed by atoms with Crippen molar-refractivity contribution < 1.29 is 9.47 Å². The molecule has 2 aliphatic heterocycles. The lowest BCUT2D eigenvalue weighted by molar-refractivity contribution is 0.152. The molecular formula is C23H39N3O2. The number of methoxy groups -OCH3 is 1. The molecule has 0 radical (unpaired) electrons. The van der Waals surface area contributed by atoms with Crippen molar-refractivity contribution in [1.29, 1.82) is 0 Å². The molecule has 28 heavy (non-hydrogen) atoms. The Labute approximate surface area is 171 Å². The van der Waals surface area contributed by atoms with Gasteiger partial charge in [0.05, 0.1) is 7.11 Å². The average Bonchev–Trinajstić information content (AvgIpc) is 2.71. The fourth-order valence-corrected chi connectivity index (χ4v) is 4.21. The van der Waals surface area contributed by atoms with Crippen LogP contribution in [-0.4, -0.2) is 87.8 Å². The van der Waals surface area contributed by atoms with E-state index < -0.39 is 0 Å². The zero-order chi connectivity index (χ0) is 19.8. The van der Waals surface area contributed by atoms with E-state index >= 15 is 0 Å². The molecule has 0 bridgehead atoms. The van der Waals surface area contributed by atoms with Gasteiger partial charge >= 0.3 is 0 Å². The number of hydrogen-bond acceptors (Lipinski definition) is 5. The second-order valence-corrected chi connectivity index (χ2v) is 8.57. The van der Waals surface area contributed by atoms with Gasteiger partial charge in [-0.2, -0.15) is 0 Å². The van der Waals surface area contributed by atoms with Crippen molar-refractivity contribution in [2.75, 3.05) is 73.1 Å². The highest BCUT2D eigenvalue weighted by molar-refractivity contribution is 5.46. The maximum Gasteiger partial charge on any atom is 0.164 e. The van der Waals surface area contributed by atoms with Crippen LogP contribution < -0.4 is 9.47 Å². The van der Waals surface area contributed by atoms with Crippen LogP contribution in [0.2, 0.25) is 0 Å². The quantitative estimate of drug-likeness (QED) is 0.647. The molecule has 0 aromatic heterocycles. The Balaban J connectivity index is 1.48. The first-order valence-corrected chi connectivity index (χ1v) is 11.1. The van der Waals surface area contributed by atoms with Gasteiger partial charge in [0.1, 0.15) is 6.61 Å². The molecule has 0 N–H and O–H groups in total. The van der Waals surface area contributed by atoms with Crippen molar-refractivity contribution in [2.24, 2.45) is 5.92 Å². The van der Waals surface area contributed by atoms with E-state index in [1.54, 1.807) is 7.11 Å². The van der Waals surface area contributed by atoms with Gasteiger partial charge in [-0.05, 0) is 69.9 Å². The van der Waals surface area contributed by atoms with Gasteiger partial charge in [-0.3, -0.25) is 4.90 Å². The first-order chi connectivity index (χ1) is 13.7. The molecule has 0 saturated carbocycles. The topological polar surface area (TPSA) is 28.2 Å². The van der Waals surface area contributed by atoms with Crippen molar-refractivity contribution in [3.63, 3.8) is 0 Å². The van der Waals surface area contributed by atoms with E-state index in [0.717, 1.165) is 50.0 Å². The number of rotatable bonds is 9. The number of piperazine rings is 1. The minimum Gasteiger partial charge on any atom is -0.493 e. The maximum atomic E-state index is 6.26. The Morgan fingerprint density at radius 1 is 0.964 bits per heavy atom. The van der Waals surface area contributed by atoms with Gasteiger partial charge in [-0.1, -0.05) is 19.1 Å². The second-order valence-electron chi connectivity index (χ2n) is 8.57. The van der Waals surface area contributed by atoms with Gasteiger partial charge in [-0.25, -0.2) is 0 Å². The van der Waals surface area contributed by atoms with E-state index in [1.807, 2.05) is 6.07 Å².